The van der Waals surface area contributed by atoms with Crippen LogP contribution in [0.25, 0.3) is 0 Å². The standard InChI is InChI=1S/C36H62/c1-5-9-13-31-17-29-18-32(23-31,14-10-6-2)26-35(21-29,25-31)36-22-30-19-33(27-36,15-11-7-3)24-34(20-30,28-36)16-12-8-4/h29-30H,5-28H2,1-4H3/t29?,30?,31-,32+,33-,34+,35?,36?. The second-order valence-corrected chi connectivity index (χ2v) is 17.0. The minimum Gasteiger partial charge on any atom is -0.0654 e. The summed E-state index contributed by atoms with van der Waals surface area (Å²) in [5, 5.41) is 0. The lowest BCUT2D eigenvalue weighted by atomic mass is 9.27. The Morgan fingerprint density at radius 3 is 0.917 bits per heavy atom. The SMILES string of the molecule is CCCC[C@]12CC3CC(C45CC6C[C@@](CCCC)(C4)C[C@](CCCC)(C6)C5)(C1)C[C@@](CCCC)(C3)C2. The second kappa shape index (κ2) is 9.29. The molecule has 0 heteroatoms. The van der Waals surface area contributed by atoms with Crippen LogP contribution in [-0.4, -0.2) is 0 Å². The van der Waals surface area contributed by atoms with Crippen LogP contribution in [0.1, 0.15) is 182 Å². The first kappa shape index (κ1) is 26.2. The summed E-state index contributed by atoms with van der Waals surface area (Å²) in [6, 6.07) is 0. The van der Waals surface area contributed by atoms with Crippen molar-refractivity contribution in [3.8, 4) is 0 Å². The van der Waals surface area contributed by atoms with Gasteiger partial charge < -0.3 is 0 Å². The maximum Gasteiger partial charge on any atom is -0.0227 e. The van der Waals surface area contributed by atoms with E-state index in [1.165, 1.54) is 51.4 Å². The lowest BCUT2D eigenvalue weighted by Crippen LogP contribution is -2.68. The van der Waals surface area contributed by atoms with Crippen LogP contribution in [0, 0.1) is 44.3 Å². The lowest BCUT2D eigenvalue weighted by molar-refractivity contribution is -0.278. The van der Waals surface area contributed by atoms with E-state index in [1.807, 2.05) is 0 Å². The van der Waals surface area contributed by atoms with Gasteiger partial charge in [-0.25, -0.2) is 0 Å². The van der Waals surface area contributed by atoms with E-state index in [4.69, 9.17) is 0 Å². The maximum atomic E-state index is 2.46. The molecule has 0 nitrogen and oxygen atoms in total. The molecule has 0 saturated heterocycles. The highest BCUT2D eigenvalue weighted by Crippen LogP contribution is 2.83. The highest BCUT2D eigenvalue weighted by atomic mass is 14.8. The molecule has 8 aliphatic carbocycles. The predicted octanol–water partition coefficient (Wildman–Crippen LogP) is 11.7. The molecule has 0 spiro atoms. The van der Waals surface area contributed by atoms with E-state index in [9.17, 15) is 0 Å². The number of unbranched alkanes of at least 4 members (excludes halogenated alkanes) is 4. The van der Waals surface area contributed by atoms with E-state index in [2.05, 4.69) is 27.7 Å². The van der Waals surface area contributed by atoms with E-state index in [1.54, 1.807) is 103 Å². The van der Waals surface area contributed by atoms with Gasteiger partial charge in [0.05, 0.1) is 0 Å². The summed E-state index contributed by atoms with van der Waals surface area (Å²) in [6.45, 7) is 9.82. The molecule has 8 saturated carbocycles. The van der Waals surface area contributed by atoms with Crippen molar-refractivity contribution in [1.29, 1.82) is 0 Å². The van der Waals surface area contributed by atoms with Gasteiger partial charge in [0.15, 0.2) is 0 Å². The van der Waals surface area contributed by atoms with Crippen molar-refractivity contribution in [2.24, 2.45) is 44.3 Å². The van der Waals surface area contributed by atoms with Crippen LogP contribution in [0.2, 0.25) is 0 Å². The molecule has 8 aliphatic rings. The molecule has 8 fully saturated rings. The van der Waals surface area contributed by atoms with E-state index >= 15 is 0 Å². The largest absolute Gasteiger partial charge is 0.0654 e. The Bertz CT molecular complexity index is 676. The summed E-state index contributed by atoms with van der Waals surface area (Å²) in [7, 11) is 0. The molecule has 8 bridgehead atoms. The Morgan fingerprint density at radius 1 is 0.389 bits per heavy atom. The van der Waals surface area contributed by atoms with Gasteiger partial charge >= 0.3 is 0 Å². The predicted molar refractivity (Wildman–Crippen MR) is 155 cm³/mol. The highest BCUT2D eigenvalue weighted by molar-refractivity contribution is 5.23. The van der Waals surface area contributed by atoms with Gasteiger partial charge in [-0.15, -0.1) is 0 Å². The van der Waals surface area contributed by atoms with E-state index in [0.29, 0.717) is 0 Å². The topological polar surface area (TPSA) is 0 Å². The van der Waals surface area contributed by atoms with Crippen LogP contribution in [-0.2, 0) is 0 Å². The summed E-state index contributed by atoms with van der Waals surface area (Å²) in [6.07, 6.45) is 37.8. The third kappa shape index (κ3) is 4.10. The fourth-order valence-electron chi connectivity index (χ4n) is 14.2. The van der Waals surface area contributed by atoms with Crippen molar-refractivity contribution in [1.82, 2.24) is 0 Å². The smallest absolute Gasteiger partial charge is 0.0227 e. The lowest BCUT2D eigenvalue weighted by Gasteiger charge is -2.78. The van der Waals surface area contributed by atoms with E-state index < -0.39 is 0 Å². The first-order valence-electron chi connectivity index (χ1n) is 17.3. The zero-order chi connectivity index (χ0) is 25.1. The van der Waals surface area contributed by atoms with Gasteiger partial charge in [-0.1, -0.05) is 79.1 Å². The van der Waals surface area contributed by atoms with Crippen molar-refractivity contribution in [2.75, 3.05) is 0 Å². The second-order valence-electron chi connectivity index (χ2n) is 17.0. The molecule has 206 valence electrons. The third-order valence-corrected chi connectivity index (χ3v) is 14.0. The zero-order valence-electron chi connectivity index (χ0n) is 25.1. The van der Waals surface area contributed by atoms with E-state index in [-0.39, 0.29) is 0 Å². The molecule has 0 heterocycles. The summed E-state index contributed by atoms with van der Waals surface area (Å²) >= 11 is 0. The Labute approximate surface area is 225 Å². The van der Waals surface area contributed by atoms with Gasteiger partial charge in [-0.2, -0.15) is 0 Å². The molecule has 0 aromatic heterocycles. The molecule has 4 unspecified atom stereocenters. The van der Waals surface area contributed by atoms with Crippen molar-refractivity contribution in [3.63, 3.8) is 0 Å². The maximum absolute atomic E-state index is 2.46. The van der Waals surface area contributed by atoms with Gasteiger partial charge in [0.1, 0.15) is 0 Å². The Kier molecular flexibility index (Phi) is 6.77. The Hall–Kier alpha value is 0. The van der Waals surface area contributed by atoms with Crippen molar-refractivity contribution < 1.29 is 0 Å². The average molecular weight is 495 g/mol. The number of hydrogen-bond acceptors (Lipinski definition) is 0. The molecule has 8 rings (SSSR count). The molecule has 0 N–H and O–H groups in total. The van der Waals surface area contributed by atoms with Gasteiger partial charge in [0.2, 0.25) is 0 Å². The normalized spacial score (nSPS) is 50.3. The summed E-state index contributed by atoms with van der Waals surface area (Å²) in [5.74, 6) is 2.17. The highest BCUT2D eigenvalue weighted by Gasteiger charge is 2.73. The van der Waals surface area contributed by atoms with Gasteiger partial charge in [-0.3, -0.25) is 0 Å². The molecule has 0 amide bonds. The van der Waals surface area contributed by atoms with Gasteiger partial charge in [0, 0.05) is 0 Å². The quantitative estimate of drug-likeness (QED) is 0.239. The van der Waals surface area contributed by atoms with Gasteiger partial charge in [0.25, 0.3) is 0 Å². The zero-order valence-corrected chi connectivity index (χ0v) is 25.1. The van der Waals surface area contributed by atoms with Crippen LogP contribution >= 0.6 is 0 Å². The van der Waals surface area contributed by atoms with Crippen molar-refractivity contribution in [3.05, 3.63) is 0 Å². The molecular weight excluding hydrogens is 432 g/mol. The minimum absolute atomic E-state index is 0.725. The number of hydrogen-bond donors (Lipinski definition) is 0. The fraction of sp³-hybridized carbons (Fsp3) is 1.00. The molecule has 0 aliphatic heterocycles. The van der Waals surface area contributed by atoms with Crippen LogP contribution in [0.4, 0.5) is 0 Å². The average Bonchev–Trinajstić information content (AvgIpc) is 2.82. The third-order valence-electron chi connectivity index (χ3n) is 14.0. The molecule has 36 heavy (non-hydrogen) atoms. The molecule has 0 radical (unpaired) electrons. The molecule has 0 aromatic carbocycles. The van der Waals surface area contributed by atoms with Crippen LogP contribution < -0.4 is 0 Å². The Morgan fingerprint density at radius 2 is 0.667 bits per heavy atom. The van der Waals surface area contributed by atoms with Crippen LogP contribution in [0.5, 0.6) is 0 Å². The first-order valence-corrected chi connectivity index (χ1v) is 17.3. The summed E-state index contributed by atoms with van der Waals surface area (Å²) < 4.78 is 0. The molecule has 0 aromatic rings. The monoisotopic (exact) mass is 494 g/mol. The summed E-state index contributed by atoms with van der Waals surface area (Å²) in [5.41, 5.74) is 4.39. The first-order chi connectivity index (χ1) is 17.3. The molecular formula is C36H62. The van der Waals surface area contributed by atoms with E-state index in [0.717, 1.165) is 44.3 Å². The van der Waals surface area contributed by atoms with Gasteiger partial charge in [-0.05, 0) is 147 Å². The fourth-order valence-corrected chi connectivity index (χ4v) is 14.2. The van der Waals surface area contributed by atoms with Crippen molar-refractivity contribution >= 4 is 0 Å². The van der Waals surface area contributed by atoms with Crippen molar-refractivity contribution in [2.45, 2.75) is 182 Å². The molecule has 8 atom stereocenters. The van der Waals surface area contributed by atoms with Crippen LogP contribution in [0.15, 0.2) is 0 Å². The number of rotatable bonds is 13. The minimum atomic E-state index is 0.725. The van der Waals surface area contributed by atoms with Crippen LogP contribution in [0.3, 0.4) is 0 Å². The Balaban J connectivity index is 1.41. The summed E-state index contributed by atoms with van der Waals surface area (Å²) in [4.78, 5) is 0.